The van der Waals surface area contributed by atoms with Crippen molar-refractivity contribution >= 4 is 40.6 Å². The summed E-state index contributed by atoms with van der Waals surface area (Å²) in [5.41, 5.74) is 3.35. The Morgan fingerprint density at radius 3 is 2.69 bits per heavy atom. The standard InChI is InChI=1S/C20H27N5O3S/c1-5-20(4)17(27)25(18(28)22-20)23-16(26)12-29-19-21-14-8-6-7-9-15(14)24(19)11-10-13(2)3/h6-9,13H,5,10-12H2,1-4H3,(H,22,28)(H,23,26). The third kappa shape index (κ3) is 4.39. The maximum Gasteiger partial charge on any atom is 0.344 e. The summed E-state index contributed by atoms with van der Waals surface area (Å²) in [6, 6.07) is 7.27. The van der Waals surface area contributed by atoms with Crippen molar-refractivity contribution in [3.05, 3.63) is 24.3 Å². The van der Waals surface area contributed by atoms with E-state index >= 15 is 0 Å². The third-order valence-electron chi connectivity index (χ3n) is 5.09. The second-order valence-electron chi connectivity index (χ2n) is 7.80. The lowest BCUT2D eigenvalue weighted by Gasteiger charge is -2.19. The number of hydrogen-bond acceptors (Lipinski definition) is 5. The summed E-state index contributed by atoms with van der Waals surface area (Å²) in [5, 5.41) is 4.13. The number of fused-ring (bicyclic) bond motifs is 1. The van der Waals surface area contributed by atoms with Crippen molar-refractivity contribution in [3.63, 3.8) is 0 Å². The molecule has 29 heavy (non-hydrogen) atoms. The van der Waals surface area contributed by atoms with Gasteiger partial charge in [-0.1, -0.05) is 44.7 Å². The molecule has 1 aliphatic rings. The van der Waals surface area contributed by atoms with E-state index < -0.39 is 23.4 Å². The van der Waals surface area contributed by atoms with Crippen LogP contribution in [0.4, 0.5) is 4.79 Å². The smallest absolute Gasteiger partial charge is 0.322 e. The van der Waals surface area contributed by atoms with Gasteiger partial charge in [0.25, 0.3) is 5.91 Å². The topological polar surface area (TPSA) is 96.3 Å². The Bertz CT molecular complexity index is 941. The molecule has 1 saturated heterocycles. The highest BCUT2D eigenvalue weighted by Gasteiger charge is 2.47. The lowest BCUT2D eigenvalue weighted by Crippen LogP contribution is -2.49. The van der Waals surface area contributed by atoms with Crippen molar-refractivity contribution in [2.75, 3.05) is 5.75 Å². The predicted molar refractivity (Wildman–Crippen MR) is 112 cm³/mol. The number of amides is 4. The molecule has 2 aromatic rings. The second-order valence-corrected chi connectivity index (χ2v) is 8.74. The Hall–Kier alpha value is -2.55. The Kier molecular flexibility index (Phi) is 6.16. The number of rotatable bonds is 8. The van der Waals surface area contributed by atoms with Crippen molar-refractivity contribution in [1.82, 2.24) is 25.3 Å². The summed E-state index contributed by atoms with van der Waals surface area (Å²) >= 11 is 1.29. The number of nitrogens with one attached hydrogen (secondary N) is 2. The highest BCUT2D eigenvalue weighted by Crippen LogP contribution is 2.25. The van der Waals surface area contributed by atoms with Crippen molar-refractivity contribution in [3.8, 4) is 0 Å². The molecule has 0 radical (unpaired) electrons. The first-order valence-electron chi connectivity index (χ1n) is 9.79. The number of aromatic nitrogens is 2. The van der Waals surface area contributed by atoms with Crippen LogP contribution >= 0.6 is 11.8 Å². The molecular weight excluding hydrogens is 390 g/mol. The van der Waals surface area contributed by atoms with Crippen molar-refractivity contribution in [2.24, 2.45) is 5.92 Å². The fourth-order valence-electron chi connectivity index (χ4n) is 3.08. The molecule has 0 bridgehead atoms. The van der Waals surface area contributed by atoms with Crippen LogP contribution in [-0.2, 0) is 16.1 Å². The van der Waals surface area contributed by atoms with Gasteiger partial charge in [0, 0.05) is 6.54 Å². The van der Waals surface area contributed by atoms with Gasteiger partial charge in [-0.15, -0.1) is 0 Å². The monoisotopic (exact) mass is 417 g/mol. The van der Waals surface area contributed by atoms with E-state index in [2.05, 4.69) is 34.1 Å². The number of para-hydroxylation sites is 2. The Labute approximate surface area is 174 Å². The number of carbonyl (C=O) groups is 3. The van der Waals surface area contributed by atoms with E-state index in [0.717, 1.165) is 34.2 Å². The lowest BCUT2D eigenvalue weighted by atomic mass is 10.00. The van der Waals surface area contributed by atoms with Crippen LogP contribution in [-0.4, -0.2) is 43.7 Å². The fourth-order valence-corrected chi connectivity index (χ4v) is 3.91. The van der Waals surface area contributed by atoms with E-state index in [-0.39, 0.29) is 5.75 Å². The molecular formula is C20H27N5O3S. The van der Waals surface area contributed by atoms with Crippen LogP contribution in [0.15, 0.2) is 29.4 Å². The van der Waals surface area contributed by atoms with Crippen molar-refractivity contribution in [1.29, 1.82) is 0 Å². The van der Waals surface area contributed by atoms with Crippen LogP contribution in [0, 0.1) is 5.92 Å². The SMILES string of the molecule is CCC1(C)NC(=O)N(NC(=O)CSc2nc3ccccc3n2CCC(C)C)C1=O. The molecule has 1 aromatic carbocycles. The quantitative estimate of drug-likeness (QED) is 0.509. The number of carbonyl (C=O) groups excluding carboxylic acids is 3. The number of aryl methyl sites for hydroxylation is 1. The second kappa shape index (κ2) is 8.44. The molecule has 0 spiro atoms. The number of hydrazine groups is 1. The van der Waals surface area contributed by atoms with Crippen LogP contribution in [0.5, 0.6) is 0 Å². The molecule has 9 heteroatoms. The van der Waals surface area contributed by atoms with Gasteiger partial charge >= 0.3 is 6.03 Å². The number of hydrogen-bond donors (Lipinski definition) is 2. The van der Waals surface area contributed by atoms with E-state index in [9.17, 15) is 14.4 Å². The summed E-state index contributed by atoms with van der Waals surface area (Å²) in [6.45, 7) is 8.60. The van der Waals surface area contributed by atoms with Crippen LogP contribution in [0.2, 0.25) is 0 Å². The summed E-state index contributed by atoms with van der Waals surface area (Å²) in [5.74, 6) is -0.288. The summed E-state index contributed by atoms with van der Waals surface area (Å²) < 4.78 is 2.12. The molecule has 1 unspecified atom stereocenters. The Morgan fingerprint density at radius 1 is 1.31 bits per heavy atom. The summed E-state index contributed by atoms with van der Waals surface area (Å²) in [7, 11) is 0. The van der Waals surface area contributed by atoms with E-state index in [1.165, 1.54) is 11.8 Å². The molecule has 0 aliphatic carbocycles. The molecule has 1 aromatic heterocycles. The van der Waals surface area contributed by atoms with Gasteiger partial charge < -0.3 is 9.88 Å². The molecule has 1 fully saturated rings. The van der Waals surface area contributed by atoms with Crippen LogP contribution in [0.1, 0.15) is 40.5 Å². The van der Waals surface area contributed by atoms with Crippen LogP contribution < -0.4 is 10.7 Å². The highest BCUT2D eigenvalue weighted by molar-refractivity contribution is 7.99. The number of nitrogens with zero attached hydrogens (tertiary/aromatic N) is 3. The minimum atomic E-state index is -0.984. The molecule has 1 aliphatic heterocycles. The van der Waals surface area contributed by atoms with Gasteiger partial charge in [0.05, 0.1) is 16.8 Å². The lowest BCUT2D eigenvalue weighted by molar-refractivity contribution is -0.137. The molecule has 0 saturated carbocycles. The molecule has 2 N–H and O–H groups in total. The Morgan fingerprint density at radius 2 is 2.03 bits per heavy atom. The predicted octanol–water partition coefficient (Wildman–Crippen LogP) is 2.93. The normalized spacial score (nSPS) is 19.3. The van der Waals surface area contributed by atoms with E-state index in [0.29, 0.717) is 12.3 Å². The van der Waals surface area contributed by atoms with Crippen LogP contribution in [0.3, 0.4) is 0 Å². The molecule has 2 heterocycles. The first-order chi connectivity index (χ1) is 13.7. The zero-order valence-electron chi connectivity index (χ0n) is 17.2. The Balaban J connectivity index is 1.69. The average molecular weight is 418 g/mol. The average Bonchev–Trinajstić information content (AvgIpc) is 3.14. The fraction of sp³-hybridized carbons (Fsp3) is 0.500. The van der Waals surface area contributed by atoms with Crippen LogP contribution in [0.25, 0.3) is 11.0 Å². The molecule has 1 atom stereocenters. The van der Waals surface area contributed by atoms with Gasteiger partial charge in [-0.25, -0.2) is 9.78 Å². The van der Waals surface area contributed by atoms with Gasteiger partial charge in [0.1, 0.15) is 5.54 Å². The number of benzene rings is 1. The van der Waals surface area contributed by atoms with Gasteiger partial charge in [-0.3, -0.25) is 15.0 Å². The molecule has 3 rings (SSSR count). The van der Waals surface area contributed by atoms with E-state index in [1.807, 2.05) is 24.3 Å². The largest absolute Gasteiger partial charge is 0.344 e. The van der Waals surface area contributed by atoms with Gasteiger partial charge in [-0.2, -0.15) is 5.01 Å². The zero-order valence-corrected chi connectivity index (χ0v) is 18.0. The molecule has 8 nitrogen and oxygen atoms in total. The summed E-state index contributed by atoms with van der Waals surface area (Å²) in [4.78, 5) is 41.5. The number of imide groups is 1. The maximum atomic E-state index is 12.4. The number of imidazole rings is 1. The van der Waals surface area contributed by atoms with Crippen molar-refractivity contribution in [2.45, 2.75) is 57.8 Å². The minimum Gasteiger partial charge on any atom is -0.322 e. The number of thioether (sulfide) groups is 1. The molecule has 4 amide bonds. The first-order valence-corrected chi connectivity index (χ1v) is 10.8. The minimum absolute atomic E-state index is 0.0465. The third-order valence-corrected chi connectivity index (χ3v) is 6.06. The van der Waals surface area contributed by atoms with Gasteiger partial charge in [-0.05, 0) is 37.8 Å². The summed E-state index contributed by atoms with van der Waals surface area (Å²) in [6.07, 6.45) is 1.44. The number of urea groups is 1. The highest BCUT2D eigenvalue weighted by atomic mass is 32.2. The van der Waals surface area contributed by atoms with Gasteiger partial charge in [0.2, 0.25) is 5.91 Å². The van der Waals surface area contributed by atoms with E-state index in [1.54, 1.807) is 13.8 Å². The van der Waals surface area contributed by atoms with Gasteiger partial charge in [0.15, 0.2) is 5.16 Å². The van der Waals surface area contributed by atoms with Crippen molar-refractivity contribution < 1.29 is 14.4 Å². The molecule has 156 valence electrons. The maximum absolute atomic E-state index is 12.4. The van der Waals surface area contributed by atoms with E-state index in [4.69, 9.17) is 0 Å². The first kappa shape index (κ1) is 21.2. The zero-order chi connectivity index (χ0) is 21.2.